The number of aliphatic carboxylic acids is 1. The van der Waals surface area contributed by atoms with Crippen LogP contribution in [-0.2, 0) is 11.3 Å². The summed E-state index contributed by atoms with van der Waals surface area (Å²) in [5.74, 6) is -0.801. The van der Waals surface area contributed by atoms with E-state index in [1.807, 2.05) is 80.6 Å². The molecular weight excluding hydrogens is 358 g/mol. The van der Waals surface area contributed by atoms with Crippen LogP contribution in [0.1, 0.15) is 49.5 Å². The zero-order chi connectivity index (χ0) is 20.9. The third kappa shape index (κ3) is 4.75. The van der Waals surface area contributed by atoms with E-state index < -0.39 is 11.4 Å². The number of nitrogens with zero attached hydrogens (tertiary/aromatic N) is 1. The third-order valence-electron chi connectivity index (χ3n) is 5.67. The monoisotopic (exact) mass is 387 g/mol. The average Bonchev–Trinajstić information content (AvgIpc) is 2.74. The van der Waals surface area contributed by atoms with Gasteiger partial charge in [-0.2, -0.15) is 0 Å². The van der Waals surface area contributed by atoms with Gasteiger partial charge >= 0.3 is 5.97 Å². The van der Waals surface area contributed by atoms with Gasteiger partial charge in [0.05, 0.1) is 11.5 Å². The lowest BCUT2D eigenvalue weighted by molar-refractivity contribution is -0.152. The third-order valence-corrected chi connectivity index (χ3v) is 5.67. The van der Waals surface area contributed by atoms with E-state index in [4.69, 9.17) is 0 Å². The Morgan fingerprint density at radius 3 is 1.76 bits per heavy atom. The first-order valence-corrected chi connectivity index (χ1v) is 10.0. The second-order valence-electron chi connectivity index (χ2n) is 8.08. The molecule has 3 nitrogen and oxygen atoms in total. The van der Waals surface area contributed by atoms with E-state index in [0.717, 1.165) is 11.1 Å². The molecule has 1 unspecified atom stereocenters. The largest absolute Gasteiger partial charge is 0.481 e. The van der Waals surface area contributed by atoms with Gasteiger partial charge in [-0.15, -0.1) is 0 Å². The molecule has 0 saturated carbocycles. The summed E-state index contributed by atoms with van der Waals surface area (Å²) in [6.45, 7) is 6.46. The van der Waals surface area contributed by atoms with E-state index in [0.29, 0.717) is 6.54 Å². The number of carboxylic acids is 1. The minimum absolute atomic E-state index is 0.0419. The standard InChI is InChI=1S/C26H29NO2/c1-20(22-15-9-5-10-16-22)27(19-21-13-7-4-8-14-21)24(26(2,3)25(28)29)23-17-11-6-12-18-23/h4-18,20,24H,19H2,1-3H3,(H,28,29)/t20?,24-/m0/s1. The van der Waals surface area contributed by atoms with Crippen molar-refractivity contribution in [2.75, 3.05) is 0 Å². The summed E-state index contributed by atoms with van der Waals surface area (Å²) in [4.78, 5) is 14.6. The zero-order valence-corrected chi connectivity index (χ0v) is 17.3. The van der Waals surface area contributed by atoms with Crippen molar-refractivity contribution >= 4 is 5.97 Å². The molecule has 1 N–H and O–H groups in total. The lowest BCUT2D eigenvalue weighted by Crippen LogP contribution is -2.43. The second-order valence-corrected chi connectivity index (χ2v) is 8.08. The molecule has 2 atom stereocenters. The van der Waals surface area contributed by atoms with Crippen molar-refractivity contribution < 1.29 is 9.90 Å². The lowest BCUT2D eigenvalue weighted by atomic mass is 9.78. The Balaban J connectivity index is 2.13. The molecule has 0 amide bonds. The van der Waals surface area contributed by atoms with Crippen molar-refractivity contribution in [3.63, 3.8) is 0 Å². The normalized spacial score (nSPS) is 13.8. The first-order chi connectivity index (χ1) is 13.9. The van der Waals surface area contributed by atoms with Crippen molar-refractivity contribution in [2.24, 2.45) is 5.41 Å². The Morgan fingerprint density at radius 1 is 0.828 bits per heavy atom. The molecule has 0 spiro atoms. The van der Waals surface area contributed by atoms with Crippen LogP contribution in [0.5, 0.6) is 0 Å². The SMILES string of the molecule is CC(c1ccccc1)N(Cc1ccccc1)[C@@H](c1ccccc1)C(C)(C)C(=O)O. The number of carboxylic acid groups (broad SMARTS) is 1. The quantitative estimate of drug-likeness (QED) is 0.507. The summed E-state index contributed by atoms with van der Waals surface area (Å²) in [5.41, 5.74) is 2.38. The van der Waals surface area contributed by atoms with E-state index in [1.54, 1.807) is 0 Å². The molecule has 3 aromatic carbocycles. The summed E-state index contributed by atoms with van der Waals surface area (Å²) >= 11 is 0. The second kappa shape index (κ2) is 9.06. The highest BCUT2D eigenvalue weighted by Gasteiger charge is 2.43. The smallest absolute Gasteiger partial charge is 0.311 e. The molecule has 0 heterocycles. The Kier molecular flexibility index (Phi) is 6.50. The van der Waals surface area contributed by atoms with Crippen molar-refractivity contribution in [1.82, 2.24) is 4.90 Å². The number of benzene rings is 3. The van der Waals surface area contributed by atoms with Gasteiger partial charge < -0.3 is 5.11 Å². The van der Waals surface area contributed by atoms with Gasteiger partial charge in [0.15, 0.2) is 0 Å². The van der Waals surface area contributed by atoms with E-state index in [9.17, 15) is 9.90 Å². The van der Waals surface area contributed by atoms with Crippen LogP contribution in [0.25, 0.3) is 0 Å². The Bertz CT molecular complexity index is 907. The topological polar surface area (TPSA) is 40.5 Å². The Hall–Kier alpha value is -2.91. The van der Waals surface area contributed by atoms with Crippen LogP contribution in [0.2, 0.25) is 0 Å². The number of hydrogen-bond acceptors (Lipinski definition) is 2. The highest BCUT2D eigenvalue weighted by molar-refractivity contribution is 5.75. The van der Waals surface area contributed by atoms with Gasteiger partial charge in [0, 0.05) is 12.6 Å². The van der Waals surface area contributed by atoms with Crippen LogP contribution in [0.3, 0.4) is 0 Å². The molecule has 3 aromatic rings. The highest BCUT2D eigenvalue weighted by atomic mass is 16.4. The van der Waals surface area contributed by atoms with E-state index in [1.165, 1.54) is 5.56 Å². The van der Waals surface area contributed by atoms with Crippen LogP contribution >= 0.6 is 0 Å². The fourth-order valence-electron chi connectivity index (χ4n) is 3.94. The van der Waals surface area contributed by atoms with Crippen LogP contribution in [-0.4, -0.2) is 16.0 Å². The summed E-state index contributed by atoms with van der Waals surface area (Å²) < 4.78 is 0. The molecule has 29 heavy (non-hydrogen) atoms. The molecule has 0 aliphatic carbocycles. The maximum atomic E-state index is 12.3. The molecule has 3 heteroatoms. The van der Waals surface area contributed by atoms with Crippen LogP contribution < -0.4 is 0 Å². The molecule has 3 rings (SSSR count). The van der Waals surface area contributed by atoms with Gasteiger partial charge in [-0.1, -0.05) is 91.0 Å². The van der Waals surface area contributed by atoms with Gasteiger partial charge in [0.2, 0.25) is 0 Å². The maximum Gasteiger partial charge on any atom is 0.311 e. The fraction of sp³-hybridized carbons (Fsp3) is 0.269. The summed E-state index contributed by atoms with van der Waals surface area (Å²) in [6, 6.07) is 30.3. The number of hydrogen-bond donors (Lipinski definition) is 1. The van der Waals surface area contributed by atoms with Crippen molar-refractivity contribution in [3.05, 3.63) is 108 Å². The van der Waals surface area contributed by atoms with E-state index in [-0.39, 0.29) is 12.1 Å². The zero-order valence-electron chi connectivity index (χ0n) is 17.3. The molecule has 0 radical (unpaired) electrons. The van der Waals surface area contributed by atoms with E-state index in [2.05, 4.69) is 36.1 Å². The highest BCUT2D eigenvalue weighted by Crippen LogP contribution is 2.43. The predicted molar refractivity (Wildman–Crippen MR) is 117 cm³/mol. The molecular formula is C26H29NO2. The fourth-order valence-corrected chi connectivity index (χ4v) is 3.94. The van der Waals surface area contributed by atoms with Gasteiger partial charge in [-0.25, -0.2) is 0 Å². The predicted octanol–water partition coefficient (Wildman–Crippen LogP) is 6.10. The molecule has 0 aliphatic heterocycles. The molecule has 0 aliphatic rings. The molecule has 0 fully saturated rings. The Morgan fingerprint density at radius 2 is 1.28 bits per heavy atom. The van der Waals surface area contributed by atoms with Crippen LogP contribution in [0, 0.1) is 5.41 Å². The lowest BCUT2D eigenvalue weighted by Gasteiger charge is -2.43. The first kappa shape index (κ1) is 20.8. The summed E-state index contributed by atoms with van der Waals surface area (Å²) in [6.07, 6.45) is 0. The van der Waals surface area contributed by atoms with Gasteiger partial charge in [0.1, 0.15) is 0 Å². The minimum Gasteiger partial charge on any atom is -0.481 e. The first-order valence-electron chi connectivity index (χ1n) is 10.0. The number of carbonyl (C=O) groups is 1. The molecule has 0 aromatic heterocycles. The Labute approximate surface area is 173 Å². The molecule has 150 valence electrons. The molecule has 0 bridgehead atoms. The summed E-state index contributed by atoms with van der Waals surface area (Å²) in [5, 5.41) is 10.1. The van der Waals surface area contributed by atoms with Crippen molar-refractivity contribution in [1.29, 1.82) is 0 Å². The van der Waals surface area contributed by atoms with Crippen LogP contribution in [0.4, 0.5) is 0 Å². The van der Waals surface area contributed by atoms with Gasteiger partial charge in [-0.05, 0) is 37.5 Å². The van der Waals surface area contributed by atoms with Crippen molar-refractivity contribution in [3.8, 4) is 0 Å². The maximum absolute atomic E-state index is 12.3. The van der Waals surface area contributed by atoms with Crippen LogP contribution in [0.15, 0.2) is 91.0 Å². The van der Waals surface area contributed by atoms with E-state index >= 15 is 0 Å². The van der Waals surface area contributed by atoms with Crippen molar-refractivity contribution in [2.45, 2.75) is 39.4 Å². The molecule has 0 saturated heterocycles. The average molecular weight is 388 g/mol. The summed E-state index contributed by atoms with van der Waals surface area (Å²) in [7, 11) is 0. The number of rotatable bonds is 8. The van der Waals surface area contributed by atoms with Gasteiger partial charge in [0.25, 0.3) is 0 Å². The van der Waals surface area contributed by atoms with Gasteiger partial charge in [-0.3, -0.25) is 9.69 Å². The minimum atomic E-state index is -0.973.